The van der Waals surface area contributed by atoms with Gasteiger partial charge in [-0.2, -0.15) is 4.31 Å². The number of aryl methyl sites for hydroxylation is 1. The third-order valence-corrected chi connectivity index (χ3v) is 5.00. The van der Waals surface area contributed by atoms with Crippen molar-refractivity contribution in [1.29, 1.82) is 0 Å². The first-order valence-corrected chi connectivity index (χ1v) is 7.89. The summed E-state index contributed by atoms with van der Waals surface area (Å²) < 4.78 is 25.3. The molecule has 1 fully saturated rings. The normalized spacial score (nSPS) is 20.0. The molecule has 0 radical (unpaired) electrons. The van der Waals surface area contributed by atoms with E-state index in [0.717, 1.165) is 9.87 Å². The molecule has 8 nitrogen and oxygen atoms in total. The molecule has 21 heavy (non-hydrogen) atoms. The molecule has 0 aliphatic carbocycles. The average molecular weight is 313 g/mol. The van der Waals surface area contributed by atoms with Gasteiger partial charge in [-0.25, -0.2) is 8.42 Å². The van der Waals surface area contributed by atoms with Gasteiger partial charge in [-0.1, -0.05) is 0 Å². The second-order valence-corrected chi connectivity index (χ2v) is 6.67. The fraction of sp³-hybridized carbons (Fsp3) is 0.417. The zero-order valence-corrected chi connectivity index (χ0v) is 11.9. The fourth-order valence-corrected chi connectivity index (χ4v) is 3.63. The van der Waals surface area contributed by atoms with Crippen LogP contribution in [0.2, 0.25) is 0 Å². The van der Waals surface area contributed by atoms with Crippen molar-refractivity contribution in [2.24, 2.45) is 0 Å². The van der Waals surface area contributed by atoms with Crippen molar-refractivity contribution in [2.45, 2.75) is 12.5 Å². The summed E-state index contributed by atoms with van der Waals surface area (Å²) in [5, 5.41) is 11.4. The Kier molecular flexibility index (Phi) is 4.53. The highest BCUT2D eigenvalue weighted by Crippen LogP contribution is 2.13. The number of carbonyl (C=O) groups excluding carboxylic acids is 1. The molecule has 9 heteroatoms. The van der Waals surface area contributed by atoms with E-state index in [1.165, 1.54) is 0 Å². The molecule has 2 N–H and O–H groups in total. The van der Waals surface area contributed by atoms with Gasteiger partial charge in [0, 0.05) is 18.9 Å². The Morgan fingerprint density at radius 1 is 1.43 bits per heavy atom. The van der Waals surface area contributed by atoms with Crippen molar-refractivity contribution in [3.8, 4) is 0 Å². The van der Waals surface area contributed by atoms with E-state index in [1.807, 2.05) is 0 Å². The van der Waals surface area contributed by atoms with Gasteiger partial charge in [0.1, 0.15) is 6.04 Å². The summed E-state index contributed by atoms with van der Waals surface area (Å²) in [6.07, 6.45) is 3.34. The van der Waals surface area contributed by atoms with Gasteiger partial charge in [-0.05, 0) is 24.1 Å². The van der Waals surface area contributed by atoms with Crippen molar-refractivity contribution < 1.29 is 23.1 Å². The van der Waals surface area contributed by atoms with Gasteiger partial charge >= 0.3 is 5.97 Å². The van der Waals surface area contributed by atoms with E-state index in [9.17, 15) is 18.0 Å². The number of nitrogens with zero attached hydrogens (tertiary/aromatic N) is 2. The number of carboxylic acid groups (broad SMARTS) is 1. The predicted octanol–water partition coefficient (Wildman–Crippen LogP) is -1.16. The number of aromatic nitrogens is 1. The molecule has 1 amide bonds. The molecule has 0 spiro atoms. The van der Waals surface area contributed by atoms with Gasteiger partial charge < -0.3 is 10.4 Å². The summed E-state index contributed by atoms with van der Waals surface area (Å²) in [7, 11) is -3.84. The van der Waals surface area contributed by atoms with Crippen LogP contribution in [0.25, 0.3) is 0 Å². The number of sulfonamides is 1. The second-order valence-electron chi connectivity index (χ2n) is 4.62. The third kappa shape index (κ3) is 3.76. The Labute approximate surface area is 121 Å². The smallest absolute Gasteiger partial charge is 0.323 e. The molecule has 1 aromatic rings. The summed E-state index contributed by atoms with van der Waals surface area (Å²) in [5.41, 5.74) is 0.780. The number of piperazine rings is 1. The van der Waals surface area contributed by atoms with E-state index in [-0.39, 0.29) is 18.7 Å². The minimum Gasteiger partial charge on any atom is -0.480 e. The summed E-state index contributed by atoms with van der Waals surface area (Å²) in [6.45, 7) is -0.682. The molecule has 1 atom stereocenters. The van der Waals surface area contributed by atoms with E-state index in [0.29, 0.717) is 0 Å². The molecule has 1 unspecified atom stereocenters. The molecule has 0 aromatic carbocycles. The number of rotatable bonds is 5. The Hall–Kier alpha value is -2.00. The maximum atomic E-state index is 12.3. The van der Waals surface area contributed by atoms with Gasteiger partial charge in [-0.3, -0.25) is 14.6 Å². The Balaban J connectivity index is 2.12. The molecule has 2 rings (SSSR count). The monoisotopic (exact) mass is 313 g/mol. The second kappa shape index (κ2) is 6.19. The van der Waals surface area contributed by atoms with Crippen LogP contribution in [0.15, 0.2) is 24.5 Å². The van der Waals surface area contributed by atoms with Crippen LogP contribution in [-0.2, 0) is 26.0 Å². The van der Waals surface area contributed by atoms with E-state index in [2.05, 4.69) is 10.3 Å². The molecular formula is C12H15N3O5S. The lowest BCUT2D eigenvalue weighted by atomic mass is 10.2. The highest BCUT2D eigenvalue weighted by atomic mass is 32.2. The minimum atomic E-state index is -3.84. The van der Waals surface area contributed by atoms with Gasteiger partial charge in [0.2, 0.25) is 15.9 Å². The molecule has 1 aliphatic heterocycles. The number of carboxylic acids is 1. The van der Waals surface area contributed by atoms with Crippen LogP contribution in [-0.4, -0.2) is 59.6 Å². The van der Waals surface area contributed by atoms with Gasteiger partial charge in [-0.15, -0.1) is 0 Å². The lowest BCUT2D eigenvalue weighted by molar-refractivity contribution is -0.143. The lowest BCUT2D eigenvalue weighted by Crippen LogP contribution is -2.59. The van der Waals surface area contributed by atoms with Gasteiger partial charge in [0.05, 0.1) is 12.3 Å². The van der Waals surface area contributed by atoms with E-state index < -0.39 is 34.5 Å². The first-order valence-electron chi connectivity index (χ1n) is 6.28. The van der Waals surface area contributed by atoms with E-state index >= 15 is 0 Å². The maximum absolute atomic E-state index is 12.3. The molecule has 1 aromatic heterocycles. The molecular weight excluding hydrogens is 298 g/mol. The first-order chi connectivity index (χ1) is 9.90. The van der Waals surface area contributed by atoms with Crippen LogP contribution in [0.3, 0.4) is 0 Å². The van der Waals surface area contributed by atoms with Crippen LogP contribution >= 0.6 is 0 Å². The van der Waals surface area contributed by atoms with Crippen LogP contribution < -0.4 is 5.32 Å². The highest BCUT2D eigenvalue weighted by Gasteiger charge is 2.39. The SMILES string of the molecule is O=C1CN(S(=O)(=O)CCc2ccncc2)C(C(=O)O)CN1. The first kappa shape index (κ1) is 15.4. The number of nitrogens with one attached hydrogen (secondary N) is 1. The topological polar surface area (TPSA) is 117 Å². The highest BCUT2D eigenvalue weighted by molar-refractivity contribution is 7.89. The average Bonchev–Trinajstić information content (AvgIpc) is 2.46. The largest absolute Gasteiger partial charge is 0.480 e. The molecule has 1 saturated heterocycles. The molecule has 2 heterocycles. The summed E-state index contributed by atoms with van der Waals surface area (Å²) in [5.74, 6) is -2.03. The van der Waals surface area contributed by atoms with Crippen LogP contribution in [0.4, 0.5) is 0 Å². The zero-order chi connectivity index (χ0) is 15.5. The van der Waals surface area contributed by atoms with Gasteiger partial charge in [0.15, 0.2) is 0 Å². The quantitative estimate of drug-likeness (QED) is 0.708. The standard InChI is InChI=1S/C12H15N3O5S/c16-11-8-15(10(7-14-11)12(17)18)21(19,20)6-3-9-1-4-13-5-2-9/h1-2,4-5,10H,3,6-8H2,(H,14,16)(H,17,18). The van der Waals surface area contributed by atoms with Crippen molar-refractivity contribution in [3.05, 3.63) is 30.1 Å². The molecule has 0 saturated carbocycles. The molecule has 0 bridgehead atoms. The van der Waals surface area contributed by atoms with Crippen molar-refractivity contribution in [2.75, 3.05) is 18.8 Å². The third-order valence-electron chi connectivity index (χ3n) is 3.18. The minimum absolute atomic E-state index is 0.220. The Bertz CT molecular complexity index is 632. The lowest BCUT2D eigenvalue weighted by Gasteiger charge is -2.31. The van der Waals surface area contributed by atoms with Crippen LogP contribution in [0.1, 0.15) is 5.56 Å². The number of hydrogen-bond acceptors (Lipinski definition) is 5. The molecule has 114 valence electrons. The van der Waals surface area contributed by atoms with Gasteiger partial charge in [0.25, 0.3) is 0 Å². The summed E-state index contributed by atoms with van der Waals surface area (Å²) in [4.78, 5) is 26.3. The zero-order valence-electron chi connectivity index (χ0n) is 11.1. The van der Waals surface area contributed by atoms with Crippen molar-refractivity contribution in [1.82, 2.24) is 14.6 Å². The molecule has 1 aliphatic rings. The fourth-order valence-electron chi connectivity index (χ4n) is 2.04. The summed E-state index contributed by atoms with van der Waals surface area (Å²) >= 11 is 0. The van der Waals surface area contributed by atoms with Crippen LogP contribution in [0.5, 0.6) is 0 Å². The Morgan fingerprint density at radius 2 is 2.10 bits per heavy atom. The van der Waals surface area contributed by atoms with E-state index in [4.69, 9.17) is 5.11 Å². The van der Waals surface area contributed by atoms with Crippen molar-refractivity contribution in [3.63, 3.8) is 0 Å². The summed E-state index contributed by atoms with van der Waals surface area (Å²) in [6, 6.07) is 2.12. The predicted molar refractivity (Wildman–Crippen MR) is 72.9 cm³/mol. The number of pyridine rings is 1. The van der Waals surface area contributed by atoms with E-state index in [1.54, 1.807) is 24.5 Å². The van der Waals surface area contributed by atoms with Crippen LogP contribution in [0, 0.1) is 0 Å². The number of aliphatic carboxylic acids is 1. The number of amides is 1. The Morgan fingerprint density at radius 3 is 2.71 bits per heavy atom. The number of hydrogen-bond donors (Lipinski definition) is 2. The van der Waals surface area contributed by atoms with Crippen molar-refractivity contribution >= 4 is 21.9 Å². The maximum Gasteiger partial charge on any atom is 0.323 e. The number of carbonyl (C=O) groups is 2.